The van der Waals surface area contributed by atoms with Crippen LogP contribution >= 0.6 is 0 Å². The zero-order valence-electron chi connectivity index (χ0n) is 14.5. The minimum Gasteiger partial charge on any atom is -0.497 e. The molecule has 0 fully saturated rings. The average Bonchev–Trinajstić information content (AvgIpc) is 3.12. The van der Waals surface area contributed by atoms with Crippen LogP contribution in [-0.4, -0.2) is 22.2 Å². The van der Waals surface area contributed by atoms with Gasteiger partial charge in [-0.15, -0.1) is 10.2 Å². The molecule has 26 heavy (non-hydrogen) atoms. The summed E-state index contributed by atoms with van der Waals surface area (Å²) in [6, 6.07) is 11.8. The molecule has 1 unspecified atom stereocenters. The van der Waals surface area contributed by atoms with Crippen molar-refractivity contribution in [1.29, 1.82) is 0 Å². The molecule has 0 amide bonds. The van der Waals surface area contributed by atoms with Crippen molar-refractivity contribution in [3.8, 4) is 23.0 Å². The number of nitro groups is 1. The van der Waals surface area contributed by atoms with Crippen molar-refractivity contribution >= 4 is 5.69 Å². The lowest BCUT2D eigenvalue weighted by Crippen LogP contribution is -2.04. The second kappa shape index (κ2) is 7.22. The van der Waals surface area contributed by atoms with Crippen molar-refractivity contribution < 1.29 is 18.8 Å². The summed E-state index contributed by atoms with van der Waals surface area (Å²) < 4.78 is 16.6. The van der Waals surface area contributed by atoms with Crippen molar-refractivity contribution in [2.75, 3.05) is 7.11 Å². The Bertz CT molecular complexity index is 921. The van der Waals surface area contributed by atoms with Gasteiger partial charge in [-0.25, -0.2) is 0 Å². The topological polar surface area (TPSA) is 101 Å². The van der Waals surface area contributed by atoms with Gasteiger partial charge < -0.3 is 13.9 Å². The highest BCUT2D eigenvalue weighted by Gasteiger charge is 2.18. The van der Waals surface area contributed by atoms with Crippen LogP contribution in [0, 0.1) is 17.0 Å². The van der Waals surface area contributed by atoms with Crippen LogP contribution in [0.4, 0.5) is 5.69 Å². The van der Waals surface area contributed by atoms with Gasteiger partial charge in [0.15, 0.2) is 6.10 Å². The Morgan fingerprint density at radius 3 is 2.42 bits per heavy atom. The van der Waals surface area contributed by atoms with Crippen LogP contribution in [0.3, 0.4) is 0 Å². The molecule has 0 aliphatic heterocycles. The molecule has 0 bridgehead atoms. The predicted octanol–water partition coefficient (Wildman–Crippen LogP) is 4.10. The molecule has 0 saturated heterocycles. The van der Waals surface area contributed by atoms with Gasteiger partial charge in [0.2, 0.25) is 5.89 Å². The van der Waals surface area contributed by atoms with Gasteiger partial charge in [-0.1, -0.05) is 0 Å². The van der Waals surface area contributed by atoms with E-state index in [-0.39, 0.29) is 5.69 Å². The molecule has 1 aromatic heterocycles. The number of methoxy groups -OCH3 is 1. The second-order valence-electron chi connectivity index (χ2n) is 5.64. The number of nitrogens with zero attached hydrogens (tertiary/aromatic N) is 3. The SMILES string of the molecule is COc1ccc(-c2nnc(C(C)Oc3ccc([N+](=O)[O-])c(C)c3)o2)cc1. The summed E-state index contributed by atoms with van der Waals surface area (Å²) in [6.07, 6.45) is -0.504. The summed E-state index contributed by atoms with van der Waals surface area (Å²) in [7, 11) is 1.60. The van der Waals surface area contributed by atoms with Crippen LogP contribution in [0.5, 0.6) is 11.5 Å². The van der Waals surface area contributed by atoms with Gasteiger partial charge in [-0.05, 0) is 50.2 Å². The summed E-state index contributed by atoms with van der Waals surface area (Å²) in [5.74, 6) is 1.91. The molecule has 134 valence electrons. The van der Waals surface area contributed by atoms with Crippen molar-refractivity contribution in [1.82, 2.24) is 10.2 Å². The average molecular weight is 355 g/mol. The molecular formula is C18H17N3O5. The Morgan fingerprint density at radius 2 is 1.81 bits per heavy atom. The van der Waals surface area contributed by atoms with Crippen LogP contribution in [0.2, 0.25) is 0 Å². The third-order valence-corrected chi connectivity index (χ3v) is 3.80. The first-order valence-electron chi connectivity index (χ1n) is 7.87. The molecule has 0 aliphatic carbocycles. The van der Waals surface area contributed by atoms with E-state index >= 15 is 0 Å². The number of nitro benzene ring substituents is 1. The number of aryl methyl sites for hydroxylation is 1. The number of hydrogen-bond acceptors (Lipinski definition) is 7. The fourth-order valence-electron chi connectivity index (χ4n) is 2.41. The smallest absolute Gasteiger partial charge is 0.272 e. The molecule has 0 radical (unpaired) electrons. The van der Waals surface area contributed by atoms with Crippen molar-refractivity contribution in [2.24, 2.45) is 0 Å². The first-order chi connectivity index (χ1) is 12.5. The zero-order chi connectivity index (χ0) is 18.7. The monoisotopic (exact) mass is 355 g/mol. The maximum absolute atomic E-state index is 10.9. The normalized spacial score (nSPS) is 11.8. The van der Waals surface area contributed by atoms with Gasteiger partial charge in [0.25, 0.3) is 11.6 Å². The third kappa shape index (κ3) is 3.64. The number of ether oxygens (including phenoxy) is 2. The van der Waals surface area contributed by atoms with E-state index in [1.165, 1.54) is 6.07 Å². The summed E-state index contributed by atoms with van der Waals surface area (Å²) >= 11 is 0. The Balaban J connectivity index is 1.74. The van der Waals surface area contributed by atoms with Gasteiger partial charge in [0, 0.05) is 17.2 Å². The molecule has 8 nitrogen and oxygen atoms in total. The highest BCUT2D eigenvalue weighted by Crippen LogP contribution is 2.28. The molecule has 2 aromatic carbocycles. The van der Waals surface area contributed by atoms with Crippen molar-refractivity contribution in [2.45, 2.75) is 20.0 Å². The van der Waals surface area contributed by atoms with Gasteiger partial charge >= 0.3 is 0 Å². The number of hydrogen-bond donors (Lipinski definition) is 0. The first kappa shape index (κ1) is 17.4. The van der Waals surface area contributed by atoms with Gasteiger partial charge in [-0.2, -0.15) is 0 Å². The first-order valence-corrected chi connectivity index (χ1v) is 7.87. The highest BCUT2D eigenvalue weighted by molar-refractivity contribution is 5.54. The van der Waals surface area contributed by atoms with E-state index in [0.29, 0.717) is 23.1 Å². The molecule has 8 heteroatoms. The maximum atomic E-state index is 10.9. The quantitative estimate of drug-likeness (QED) is 0.484. The lowest BCUT2D eigenvalue weighted by molar-refractivity contribution is -0.385. The van der Waals surface area contributed by atoms with Crippen LogP contribution < -0.4 is 9.47 Å². The molecule has 3 rings (SSSR count). The van der Waals surface area contributed by atoms with Crippen LogP contribution in [-0.2, 0) is 0 Å². The lowest BCUT2D eigenvalue weighted by Gasteiger charge is -2.11. The Morgan fingerprint density at radius 1 is 1.12 bits per heavy atom. The molecular weight excluding hydrogens is 338 g/mol. The Hall–Kier alpha value is -3.42. The van der Waals surface area contributed by atoms with Gasteiger partial charge in [0.1, 0.15) is 11.5 Å². The minimum absolute atomic E-state index is 0.0459. The zero-order valence-corrected chi connectivity index (χ0v) is 14.5. The standard InChI is InChI=1S/C18H17N3O5/c1-11-10-15(8-9-16(11)21(22)23)25-12(2)17-19-20-18(26-17)13-4-6-14(24-3)7-5-13/h4-10,12H,1-3H3. The molecule has 3 aromatic rings. The Kier molecular flexibility index (Phi) is 4.83. The number of rotatable bonds is 6. The fraction of sp³-hybridized carbons (Fsp3) is 0.222. The summed E-state index contributed by atoms with van der Waals surface area (Å²) in [5.41, 5.74) is 1.33. The molecule has 1 heterocycles. The maximum Gasteiger partial charge on any atom is 0.272 e. The third-order valence-electron chi connectivity index (χ3n) is 3.80. The fourth-order valence-corrected chi connectivity index (χ4v) is 2.41. The molecule has 0 N–H and O–H groups in total. The van der Waals surface area contributed by atoms with E-state index in [9.17, 15) is 10.1 Å². The van der Waals surface area contributed by atoms with E-state index in [2.05, 4.69) is 10.2 Å². The number of benzene rings is 2. The summed E-state index contributed by atoms with van der Waals surface area (Å²) in [4.78, 5) is 10.4. The van der Waals surface area contributed by atoms with Gasteiger partial charge in [0.05, 0.1) is 12.0 Å². The van der Waals surface area contributed by atoms with Crippen LogP contribution in [0.1, 0.15) is 24.5 Å². The van der Waals surface area contributed by atoms with E-state index in [1.807, 2.05) is 12.1 Å². The van der Waals surface area contributed by atoms with Crippen LogP contribution in [0.25, 0.3) is 11.5 Å². The molecule has 0 spiro atoms. The predicted molar refractivity (Wildman–Crippen MR) is 93.2 cm³/mol. The second-order valence-corrected chi connectivity index (χ2v) is 5.64. The van der Waals surface area contributed by atoms with Crippen molar-refractivity contribution in [3.05, 3.63) is 64.0 Å². The van der Waals surface area contributed by atoms with E-state index < -0.39 is 11.0 Å². The molecule has 0 aliphatic rings. The largest absolute Gasteiger partial charge is 0.497 e. The van der Waals surface area contributed by atoms with Crippen LogP contribution in [0.15, 0.2) is 46.9 Å². The van der Waals surface area contributed by atoms with E-state index in [1.54, 1.807) is 45.2 Å². The minimum atomic E-state index is -0.504. The number of aromatic nitrogens is 2. The molecule has 0 saturated carbocycles. The summed E-state index contributed by atoms with van der Waals surface area (Å²) in [5, 5.41) is 18.9. The highest BCUT2D eigenvalue weighted by atomic mass is 16.6. The Labute approximate surface area is 149 Å². The van der Waals surface area contributed by atoms with E-state index in [4.69, 9.17) is 13.9 Å². The van der Waals surface area contributed by atoms with Crippen molar-refractivity contribution in [3.63, 3.8) is 0 Å². The van der Waals surface area contributed by atoms with Gasteiger partial charge in [-0.3, -0.25) is 10.1 Å². The lowest BCUT2D eigenvalue weighted by atomic mass is 10.2. The summed E-state index contributed by atoms with van der Waals surface area (Å²) in [6.45, 7) is 3.42. The van der Waals surface area contributed by atoms with E-state index in [0.717, 1.165) is 11.3 Å². The molecule has 1 atom stereocenters.